The van der Waals surface area contributed by atoms with Crippen LogP contribution in [0.25, 0.3) is 10.8 Å². The zero-order chi connectivity index (χ0) is 17.1. The van der Waals surface area contributed by atoms with Crippen LogP contribution in [0.2, 0.25) is 0 Å². The number of ether oxygens (including phenoxy) is 2. The van der Waals surface area contributed by atoms with E-state index in [1.165, 1.54) is 4.57 Å². The summed E-state index contributed by atoms with van der Waals surface area (Å²) in [5.41, 5.74) is -0.155. The second kappa shape index (κ2) is 6.96. The van der Waals surface area contributed by atoms with Crippen molar-refractivity contribution in [2.24, 2.45) is 0 Å². The highest BCUT2D eigenvalue weighted by Crippen LogP contribution is 2.33. The van der Waals surface area contributed by atoms with Gasteiger partial charge in [-0.15, -0.1) is 0 Å². The zero-order valence-electron chi connectivity index (χ0n) is 13.6. The fourth-order valence-electron chi connectivity index (χ4n) is 2.50. The molecule has 0 N–H and O–H groups in total. The van der Waals surface area contributed by atoms with Crippen LogP contribution in [0.15, 0.2) is 33.7 Å². The van der Waals surface area contributed by atoms with Crippen LogP contribution in [-0.4, -0.2) is 35.2 Å². The van der Waals surface area contributed by atoms with Crippen molar-refractivity contribution in [1.29, 1.82) is 0 Å². The van der Waals surface area contributed by atoms with Crippen LogP contribution in [-0.2, 0) is 12.3 Å². The van der Waals surface area contributed by atoms with E-state index in [-0.39, 0.29) is 12.1 Å². The van der Waals surface area contributed by atoms with Crippen molar-refractivity contribution in [2.45, 2.75) is 12.3 Å². The molecule has 3 aromatic rings. The van der Waals surface area contributed by atoms with Crippen LogP contribution < -0.4 is 15.0 Å². The third-order valence-electron chi connectivity index (χ3n) is 3.59. The Morgan fingerprint density at radius 2 is 2.04 bits per heavy atom. The Morgan fingerprint density at radius 3 is 2.75 bits per heavy atom. The summed E-state index contributed by atoms with van der Waals surface area (Å²) in [5.74, 6) is 2.83. The molecule has 0 amide bonds. The summed E-state index contributed by atoms with van der Waals surface area (Å²) in [6, 6.07) is 5.26. The predicted molar refractivity (Wildman–Crippen MR) is 91.9 cm³/mol. The number of rotatable bonds is 6. The number of hydrogen-bond acceptors (Lipinski definition) is 7. The standard InChI is InChI=1S/C16H17N3O4S/c1-21-12-5-4-11-10(15(12)22-2)6-7-19(16(11)20)8-14-17-13(9-24-3)18-23-14/h4-7H,8-9H2,1-3H3. The molecule has 1 aromatic carbocycles. The van der Waals surface area contributed by atoms with Gasteiger partial charge in [-0.1, -0.05) is 5.16 Å². The van der Waals surface area contributed by atoms with E-state index in [4.69, 9.17) is 14.0 Å². The van der Waals surface area contributed by atoms with Crippen LogP contribution in [0.5, 0.6) is 11.5 Å². The third kappa shape index (κ3) is 2.96. The normalized spacial score (nSPS) is 11.0. The lowest BCUT2D eigenvalue weighted by atomic mass is 10.1. The summed E-state index contributed by atoms with van der Waals surface area (Å²) in [5, 5.41) is 5.13. The summed E-state index contributed by atoms with van der Waals surface area (Å²) in [4.78, 5) is 17.0. The van der Waals surface area contributed by atoms with E-state index in [2.05, 4.69) is 10.1 Å². The van der Waals surface area contributed by atoms with Gasteiger partial charge in [-0.25, -0.2) is 0 Å². The van der Waals surface area contributed by atoms with E-state index in [1.807, 2.05) is 12.3 Å². The molecule has 7 nitrogen and oxygen atoms in total. The van der Waals surface area contributed by atoms with Crippen molar-refractivity contribution in [2.75, 3.05) is 20.5 Å². The monoisotopic (exact) mass is 347 g/mol. The predicted octanol–water partition coefficient (Wildman–Crippen LogP) is 2.31. The fraction of sp³-hybridized carbons (Fsp3) is 0.312. The smallest absolute Gasteiger partial charge is 0.259 e. The van der Waals surface area contributed by atoms with Crippen molar-refractivity contribution in [3.8, 4) is 11.5 Å². The SMILES string of the molecule is COc1ccc2c(=O)n(Cc3nc(CSC)no3)ccc2c1OC. The van der Waals surface area contributed by atoms with Gasteiger partial charge in [0.25, 0.3) is 5.56 Å². The molecule has 3 rings (SSSR count). The van der Waals surface area contributed by atoms with E-state index in [9.17, 15) is 4.79 Å². The van der Waals surface area contributed by atoms with Crippen LogP contribution in [0.1, 0.15) is 11.7 Å². The molecule has 0 bridgehead atoms. The maximum Gasteiger partial charge on any atom is 0.259 e. The Balaban J connectivity index is 2.01. The Labute approximate surface area is 142 Å². The molecule has 0 aliphatic heterocycles. The Hall–Kier alpha value is -2.48. The van der Waals surface area contributed by atoms with E-state index >= 15 is 0 Å². The number of benzene rings is 1. The number of hydrogen-bond donors (Lipinski definition) is 0. The summed E-state index contributed by atoms with van der Waals surface area (Å²) in [7, 11) is 3.11. The molecule has 0 saturated heterocycles. The summed E-state index contributed by atoms with van der Waals surface area (Å²) in [6.45, 7) is 0.227. The number of pyridine rings is 1. The van der Waals surface area contributed by atoms with Crippen LogP contribution >= 0.6 is 11.8 Å². The van der Waals surface area contributed by atoms with Gasteiger partial charge in [0, 0.05) is 11.6 Å². The van der Waals surface area contributed by atoms with Crippen molar-refractivity contribution < 1.29 is 14.0 Å². The summed E-state index contributed by atoms with van der Waals surface area (Å²) in [6.07, 6.45) is 3.65. The average molecular weight is 347 g/mol. The first-order chi connectivity index (χ1) is 11.7. The molecular formula is C16H17N3O4S. The first-order valence-corrected chi connectivity index (χ1v) is 8.61. The molecule has 126 valence electrons. The maximum absolute atomic E-state index is 12.7. The van der Waals surface area contributed by atoms with E-state index in [1.54, 1.807) is 44.3 Å². The van der Waals surface area contributed by atoms with E-state index in [0.29, 0.717) is 39.7 Å². The Bertz CT molecular complexity index is 919. The fourth-order valence-corrected chi connectivity index (χ4v) is 2.88. The van der Waals surface area contributed by atoms with Gasteiger partial charge < -0.3 is 18.6 Å². The van der Waals surface area contributed by atoms with Crippen LogP contribution in [0.4, 0.5) is 0 Å². The minimum absolute atomic E-state index is 0.155. The largest absolute Gasteiger partial charge is 0.493 e. The van der Waals surface area contributed by atoms with Gasteiger partial charge in [0.15, 0.2) is 17.3 Å². The number of methoxy groups -OCH3 is 2. The van der Waals surface area contributed by atoms with Gasteiger partial charge in [-0.05, 0) is 24.5 Å². The minimum atomic E-state index is -0.155. The molecular weight excluding hydrogens is 330 g/mol. The van der Waals surface area contributed by atoms with Gasteiger partial charge in [-0.2, -0.15) is 16.7 Å². The molecule has 0 aliphatic rings. The van der Waals surface area contributed by atoms with Gasteiger partial charge in [0.1, 0.15) is 6.54 Å². The lowest BCUT2D eigenvalue weighted by Gasteiger charge is -2.11. The highest BCUT2D eigenvalue weighted by Gasteiger charge is 2.14. The van der Waals surface area contributed by atoms with E-state index < -0.39 is 0 Å². The molecule has 8 heteroatoms. The molecule has 0 radical (unpaired) electrons. The lowest BCUT2D eigenvalue weighted by Crippen LogP contribution is -2.20. The topological polar surface area (TPSA) is 79.4 Å². The number of nitrogens with zero attached hydrogens (tertiary/aromatic N) is 3. The number of thioether (sulfide) groups is 1. The zero-order valence-corrected chi connectivity index (χ0v) is 14.4. The molecule has 0 saturated carbocycles. The third-order valence-corrected chi connectivity index (χ3v) is 4.13. The first-order valence-electron chi connectivity index (χ1n) is 7.22. The first kappa shape index (κ1) is 16.4. The molecule has 2 aromatic heterocycles. The van der Waals surface area contributed by atoms with Crippen LogP contribution in [0.3, 0.4) is 0 Å². The van der Waals surface area contributed by atoms with Crippen molar-refractivity contribution in [1.82, 2.24) is 14.7 Å². The second-order valence-corrected chi connectivity index (χ2v) is 5.91. The van der Waals surface area contributed by atoms with Gasteiger partial charge in [-0.3, -0.25) is 4.79 Å². The highest BCUT2D eigenvalue weighted by molar-refractivity contribution is 7.97. The molecule has 0 atom stereocenters. The quantitative estimate of drug-likeness (QED) is 0.677. The van der Waals surface area contributed by atoms with Crippen molar-refractivity contribution in [3.05, 3.63) is 46.5 Å². The van der Waals surface area contributed by atoms with Gasteiger partial charge in [0.2, 0.25) is 5.89 Å². The minimum Gasteiger partial charge on any atom is -0.493 e. The summed E-state index contributed by atoms with van der Waals surface area (Å²) >= 11 is 1.61. The highest BCUT2D eigenvalue weighted by atomic mass is 32.2. The number of fused-ring (bicyclic) bond motifs is 1. The van der Waals surface area contributed by atoms with Gasteiger partial charge in [0.05, 0.1) is 25.4 Å². The van der Waals surface area contributed by atoms with Crippen molar-refractivity contribution in [3.63, 3.8) is 0 Å². The van der Waals surface area contributed by atoms with E-state index in [0.717, 1.165) is 0 Å². The Kier molecular flexibility index (Phi) is 4.75. The number of aromatic nitrogens is 3. The second-order valence-electron chi connectivity index (χ2n) is 5.05. The van der Waals surface area contributed by atoms with Crippen LogP contribution in [0, 0.1) is 0 Å². The maximum atomic E-state index is 12.7. The summed E-state index contributed by atoms with van der Waals surface area (Å²) < 4.78 is 17.4. The lowest BCUT2D eigenvalue weighted by molar-refractivity contribution is 0.358. The van der Waals surface area contributed by atoms with Gasteiger partial charge >= 0.3 is 0 Å². The molecule has 0 aliphatic carbocycles. The van der Waals surface area contributed by atoms with Crippen molar-refractivity contribution >= 4 is 22.5 Å². The molecule has 0 unspecified atom stereocenters. The Morgan fingerprint density at radius 1 is 1.21 bits per heavy atom. The average Bonchev–Trinajstić information content (AvgIpc) is 3.03. The molecule has 2 heterocycles. The molecule has 24 heavy (non-hydrogen) atoms. The molecule has 0 spiro atoms. The molecule has 0 fully saturated rings.